The fraction of sp³-hybridized carbons (Fsp3) is 0.333. The van der Waals surface area contributed by atoms with Crippen LogP contribution in [0.4, 0.5) is 0 Å². The van der Waals surface area contributed by atoms with Gasteiger partial charge in [0.2, 0.25) is 0 Å². The smallest absolute Gasteiger partial charge is 0.256 e. The van der Waals surface area contributed by atoms with E-state index in [-0.39, 0.29) is 18.0 Å². The van der Waals surface area contributed by atoms with Crippen molar-refractivity contribution in [3.63, 3.8) is 0 Å². The minimum atomic E-state index is -0.252. The third kappa shape index (κ3) is 5.51. The lowest BCUT2D eigenvalue weighted by atomic mass is 9.98. The number of H-pyrrole nitrogens is 1. The average molecular weight is 531 g/mol. The molecule has 0 spiro atoms. The van der Waals surface area contributed by atoms with Crippen LogP contribution in [0.2, 0.25) is 0 Å². The molecule has 4 aromatic rings. The normalized spacial score (nSPS) is 14.6. The van der Waals surface area contributed by atoms with E-state index >= 15 is 0 Å². The van der Waals surface area contributed by atoms with Gasteiger partial charge in [-0.25, -0.2) is 4.31 Å². The number of piperidine rings is 1. The van der Waals surface area contributed by atoms with Gasteiger partial charge in [-0.2, -0.15) is 0 Å². The highest BCUT2D eigenvalue weighted by Gasteiger charge is 2.25. The number of aryl methyl sites for hydroxylation is 1. The Hall–Kier alpha value is -3.49. The molecule has 7 nitrogen and oxygen atoms in total. The number of pyridine rings is 1. The van der Waals surface area contributed by atoms with Crippen LogP contribution in [0.3, 0.4) is 0 Å². The van der Waals surface area contributed by atoms with E-state index in [4.69, 9.17) is 4.74 Å². The van der Waals surface area contributed by atoms with Crippen molar-refractivity contribution in [2.45, 2.75) is 44.7 Å². The molecule has 1 saturated heterocycles. The molecule has 0 bridgehead atoms. The molecular weight excluding hydrogens is 496 g/mol. The molecule has 8 heteroatoms. The first kappa shape index (κ1) is 26.1. The molecule has 38 heavy (non-hydrogen) atoms. The number of nitrogens with zero attached hydrogens (tertiary/aromatic N) is 2. The molecular formula is C30H34N4O3S. The summed E-state index contributed by atoms with van der Waals surface area (Å²) in [5, 5.41) is 3.90. The lowest BCUT2D eigenvalue weighted by Gasteiger charge is -2.31. The summed E-state index contributed by atoms with van der Waals surface area (Å²) in [6.45, 7) is 6.89. The van der Waals surface area contributed by atoms with Crippen molar-refractivity contribution in [2.24, 2.45) is 5.92 Å². The van der Waals surface area contributed by atoms with Gasteiger partial charge in [0.05, 0.1) is 24.8 Å². The third-order valence-electron chi connectivity index (χ3n) is 7.33. The molecule has 3 heterocycles. The van der Waals surface area contributed by atoms with Gasteiger partial charge in [0.25, 0.3) is 11.5 Å². The highest BCUT2D eigenvalue weighted by molar-refractivity contribution is 7.97. The summed E-state index contributed by atoms with van der Waals surface area (Å²) in [6.07, 6.45) is 2.23. The number of hydrogen-bond donors (Lipinski definition) is 2. The molecule has 1 fully saturated rings. The molecule has 1 aliphatic rings. The summed E-state index contributed by atoms with van der Waals surface area (Å²) < 4.78 is 10.1. The Kier molecular flexibility index (Phi) is 7.90. The number of amides is 1. The lowest BCUT2D eigenvalue weighted by molar-refractivity contribution is 0.0951. The van der Waals surface area contributed by atoms with Crippen LogP contribution in [0.5, 0.6) is 5.75 Å². The first-order chi connectivity index (χ1) is 18.4. The minimum absolute atomic E-state index is 0.0914. The summed E-state index contributed by atoms with van der Waals surface area (Å²) in [7, 11) is 1.53. The summed E-state index contributed by atoms with van der Waals surface area (Å²) >= 11 is 1.83. The van der Waals surface area contributed by atoms with Gasteiger partial charge in [-0.3, -0.25) is 9.59 Å². The van der Waals surface area contributed by atoms with E-state index in [1.165, 1.54) is 12.0 Å². The number of carbonyl (C=O) groups is 1. The second-order valence-corrected chi connectivity index (χ2v) is 11.0. The Morgan fingerprint density at radius 3 is 2.53 bits per heavy atom. The standard InChI is InChI=1S/C30H34N4O3S/c1-20-17-27(37-3)25(29(35)32-20)18-31-30(36)28-21(2)34(26-12-8-7-11-24(26)28)19-22-13-15-33(16-14-22)38-23-9-5-4-6-10-23/h4-12,17,22H,13-16,18-19H2,1-3H3,(H,31,36)(H,32,35). The summed E-state index contributed by atoms with van der Waals surface area (Å²) in [5.41, 5.74) is 3.56. The van der Waals surface area contributed by atoms with Crippen LogP contribution in [-0.2, 0) is 13.1 Å². The number of ether oxygens (including phenoxy) is 1. The number of rotatable bonds is 8. The molecule has 198 valence electrons. The number of methoxy groups -OCH3 is 1. The van der Waals surface area contributed by atoms with Gasteiger partial charge in [-0.05, 0) is 68.8 Å². The van der Waals surface area contributed by atoms with Crippen molar-refractivity contribution in [3.05, 3.63) is 93.5 Å². The molecule has 0 unspecified atom stereocenters. The maximum atomic E-state index is 13.5. The van der Waals surface area contributed by atoms with Crippen molar-refractivity contribution < 1.29 is 9.53 Å². The molecule has 0 atom stereocenters. The Balaban J connectivity index is 1.31. The third-order valence-corrected chi connectivity index (χ3v) is 8.43. The second-order valence-electron chi connectivity index (χ2n) is 9.88. The van der Waals surface area contributed by atoms with Gasteiger partial charge < -0.3 is 19.6 Å². The van der Waals surface area contributed by atoms with Gasteiger partial charge >= 0.3 is 0 Å². The number of fused-ring (bicyclic) bond motifs is 1. The van der Waals surface area contributed by atoms with Gasteiger partial charge in [-0.15, -0.1) is 0 Å². The fourth-order valence-corrected chi connectivity index (χ4v) is 6.29. The van der Waals surface area contributed by atoms with Gasteiger partial charge in [0.15, 0.2) is 0 Å². The van der Waals surface area contributed by atoms with Crippen LogP contribution in [-0.4, -0.2) is 40.0 Å². The molecule has 1 aliphatic heterocycles. The van der Waals surface area contributed by atoms with E-state index in [0.29, 0.717) is 28.5 Å². The number of benzene rings is 2. The predicted molar refractivity (Wildman–Crippen MR) is 153 cm³/mol. The number of aromatic amines is 1. The van der Waals surface area contributed by atoms with E-state index < -0.39 is 0 Å². The van der Waals surface area contributed by atoms with E-state index in [2.05, 4.69) is 49.5 Å². The SMILES string of the molecule is COc1cc(C)[nH]c(=O)c1CNC(=O)c1c(C)n(CC2CCN(Sc3ccccc3)CC2)c2ccccc12. The molecule has 0 saturated carbocycles. The van der Waals surface area contributed by atoms with Crippen molar-refractivity contribution >= 4 is 28.8 Å². The van der Waals surface area contributed by atoms with Crippen LogP contribution in [0, 0.1) is 19.8 Å². The van der Waals surface area contributed by atoms with Crippen LogP contribution in [0.25, 0.3) is 10.9 Å². The van der Waals surface area contributed by atoms with E-state index in [1.807, 2.05) is 43.1 Å². The zero-order valence-electron chi connectivity index (χ0n) is 22.1. The monoisotopic (exact) mass is 530 g/mol. The highest BCUT2D eigenvalue weighted by atomic mass is 32.2. The molecule has 0 radical (unpaired) electrons. The Morgan fingerprint density at radius 1 is 1.08 bits per heavy atom. The maximum absolute atomic E-state index is 13.5. The first-order valence-electron chi connectivity index (χ1n) is 13.1. The van der Waals surface area contributed by atoms with E-state index in [1.54, 1.807) is 13.0 Å². The summed E-state index contributed by atoms with van der Waals surface area (Å²) in [4.78, 5) is 30.0. The van der Waals surface area contributed by atoms with Crippen molar-refractivity contribution in [2.75, 3.05) is 20.2 Å². The van der Waals surface area contributed by atoms with Crippen molar-refractivity contribution in [1.82, 2.24) is 19.2 Å². The van der Waals surface area contributed by atoms with Crippen LogP contribution < -0.4 is 15.6 Å². The van der Waals surface area contributed by atoms with Crippen molar-refractivity contribution in [3.8, 4) is 5.75 Å². The molecule has 2 N–H and O–H groups in total. The number of carbonyl (C=O) groups excluding carboxylic acids is 1. The van der Waals surface area contributed by atoms with Gasteiger partial charge in [-0.1, -0.05) is 36.4 Å². The Morgan fingerprint density at radius 2 is 1.79 bits per heavy atom. The molecule has 1 amide bonds. The van der Waals surface area contributed by atoms with Gasteiger partial charge in [0, 0.05) is 46.8 Å². The largest absolute Gasteiger partial charge is 0.496 e. The highest BCUT2D eigenvalue weighted by Crippen LogP contribution is 2.32. The quantitative estimate of drug-likeness (QED) is 0.302. The van der Waals surface area contributed by atoms with E-state index in [9.17, 15) is 9.59 Å². The summed E-state index contributed by atoms with van der Waals surface area (Å²) in [5.74, 6) is 0.833. The average Bonchev–Trinajstić information content (AvgIpc) is 3.20. The van der Waals surface area contributed by atoms with Crippen molar-refractivity contribution in [1.29, 1.82) is 0 Å². The second kappa shape index (κ2) is 11.5. The number of nitrogens with one attached hydrogen (secondary N) is 2. The summed E-state index contributed by atoms with van der Waals surface area (Å²) in [6, 6.07) is 20.4. The number of aromatic nitrogens is 2. The predicted octanol–water partition coefficient (Wildman–Crippen LogP) is 5.30. The Bertz CT molecular complexity index is 1490. The van der Waals surface area contributed by atoms with Crippen LogP contribution in [0.15, 0.2) is 70.4 Å². The van der Waals surface area contributed by atoms with Crippen LogP contribution in [0.1, 0.15) is 40.2 Å². The van der Waals surface area contributed by atoms with Gasteiger partial charge in [0.1, 0.15) is 5.75 Å². The maximum Gasteiger partial charge on any atom is 0.256 e. The topological polar surface area (TPSA) is 79.4 Å². The zero-order valence-corrected chi connectivity index (χ0v) is 22.9. The lowest BCUT2D eigenvalue weighted by Crippen LogP contribution is -2.30. The molecule has 0 aliphatic carbocycles. The fourth-order valence-electron chi connectivity index (χ4n) is 5.32. The zero-order chi connectivity index (χ0) is 26.6. The molecule has 2 aromatic carbocycles. The van der Waals surface area contributed by atoms with Crippen LogP contribution >= 0.6 is 11.9 Å². The van der Waals surface area contributed by atoms with E-state index in [0.717, 1.165) is 49.1 Å². The Labute approximate surface area is 227 Å². The number of hydrogen-bond acceptors (Lipinski definition) is 5. The molecule has 5 rings (SSSR count). The number of para-hydroxylation sites is 1. The minimum Gasteiger partial charge on any atom is -0.496 e. The first-order valence-corrected chi connectivity index (χ1v) is 13.8. The molecule has 2 aromatic heterocycles.